The van der Waals surface area contributed by atoms with E-state index < -0.39 is 0 Å². The van der Waals surface area contributed by atoms with Crippen molar-refractivity contribution < 1.29 is 9.53 Å². The molecule has 0 atom stereocenters. The lowest BCUT2D eigenvalue weighted by Crippen LogP contribution is -2.16. The Kier molecular flexibility index (Phi) is 6.15. The minimum Gasteiger partial charge on any atom is -0.494 e. The molecule has 0 heterocycles. The number of nitrogens with one attached hydrogen (secondary N) is 1. The zero-order valence-electron chi connectivity index (χ0n) is 10.7. The van der Waals surface area contributed by atoms with Gasteiger partial charge in [0.2, 0.25) is 5.91 Å². The fraction of sp³-hybridized carbons (Fsp3) is 0.500. The minimum absolute atomic E-state index is 0.115. The molecule has 17 heavy (non-hydrogen) atoms. The molecule has 1 aromatic carbocycles. The first-order valence-electron chi connectivity index (χ1n) is 6.12. The lowest BCUT2D eigenvalue weighted by molar-refractivity contribution is -0.120. The summed E-state index contributed by atoms with van der Waals surface area (Å²) in [6.07, 6.45) is 3.56. The Morgan fingerprint density at radius 1 is 1.18 bits per heavy atom. The van der Waals surface area contributed by atoms with Crippen LogP contribution in [-0.4, -0.2) is 19.6 Å². The Bertz CT molecular complexity index is 333. The van der Waals surface area contributed by atoms with Crippen LogP contribution >= 0.6 is 0 Å². The van der Waals surface area contributed by atoms with E-state index in [1.807, 2.05) is 24.3 Å². The fourth-order valence-electron chi connectivity index (χ4n) is 1.51. The first-order chi connectivity index (χ1) is 8.22. The van der Waals surface area contributed by atoms with Crippen molar-refractivity contribution in [1.29, 1.82) is 0 Å². The highest BCUT2D eigenvalue weighted by Gasteiger charge is 1.97. The Morgan fingerprint density at radius 3 is 2.53 bits per heavy atom. The van der Waals surface area contributed by atoms with Crippen molar-refractivity contribution in [2.24, 2.45) is 0 Å². The van der Waals surface area contributed by atoms with Crippen molar-refractivity contribution in [3.8, 4) is 5.75 Å². The number of benzene rings is 1. The van der Waals surface area contributed by atoms with Crippen molar-refractivity contribution in [1.82, 2.24) is 5.32 Å². The van der Waals surface area contributed by atoms with Gasteiger partial charge in [0.1, 0.15) is 5.75 Å². The van der Waals surface area contributed by atoms with E-state index in [2.05, 4.69) is 12.2 Å². The van der Waals surface area contributed by atoms with Gasteiger partial charge in [-0.1, -0.05) is 17.7 Å². The highest BCUT2D eigenvalue weighted by Crippen LogP contribution is 2.12. The molecule has 0 radical (unpaired) electrons. The van der Waals surface area contributed by atoms with Crippen molar-refractivity contribution in [2.45, 2.75) is 32.6 Å². The standard InChI is InChI=1S/C14H21NO2/c1-12-7-9-13(10-8-12)17-11-5-3-4-6-14(16)15-2/h7-10H,3-6,11H2,1-2H3,(H,15,16). The maximum absolute atomic E-state index is 11.0. The second kappa shape index (κ2) is 7.71. The summed E-state index contributed by atoms with van der Waals surface area (Å²) in [6.45, 7) is 2.78. The van der Waals surface area contributed by atoms with E-state index in [1.54, 1.807) is 7.05 Å². The smallest absolute Gasteiger partial charge is 0.219 e. The SMILES string of the molecule is CNC(=O)CCCCCOc1ccc(C)cc1. The molecule has 0 saturated carbocycles. The molecule has 0 aliphatic carbocycles. The van der Waals surface area contributed by atoms with Gasteiger partial charge in [0.25, 0.3) is 0 Å². The summed E-state index contributed by atoms with van der Waals surface area (Å²) in [5, 5.41) is 2.62. The third kappa shape index (κ3) is 5.95. The van der Waals surface area contributed by atoms with Crippen LogP contribution in [-0.2, 0) is 4.79 Å². The summed E-state index contributed by atoms with van der Waals surface area (Å²) in [7, 11) is 1.67. The van der Waals surface area contributed by atoms with Crippen LogP contribution in [0, 0.1) is 6.92 Å². The average molecular weight is 235 g/mol. The molecule has 1 N–H and O–H groups in total. The monoisotopic (exact) mass is 235 g/mol. The maximum Gasteiger partial charge on any atom is 0.219 e. The van der Waals surface area contributed by atoms with Gasteiger partial charge in [0, 0.05) is 13.5 Å². The first kappa shape index (κ1) is 13.6. The second-order valence-corrected chi connectivity index (χ2v) is 4.15. The molecule has 0 saturated heterocycles. The number of carbonyl (C=O) groups excluding carboxylic acids is 1. The van der Waals surface area contributed by atoms with Gasteiger partial charge in [-0.25, -0.2) is 0 Å². The zero-order chi connectivity index (χ0) is 12.5. The molecule has 1 amide bonds. The summed E-state index contributed by atoms with van der Waals surface area (Å²) >= 11 is 0. The summed E-state index contributed by atoms with van der Waals surface area (Å²) < 4.78 is 5.59. The van der Waals surface area contributed by atoms with E-state index in [4.69, 9.17) is 4.74 Å². The topological polar surface area (TPSA) is 38.3 Å². The van der Waals surface area contributed by atoms with Crippen LogP contribution in [0.15, 0.2) is 24.3 Å². The number of unbranched alkanes of at least 4 members (excludes halogenated alkanes) is 2. The zero-order valence-corrected chi connectivity index (χ0v) is 10.7. The summed E-state index contributed by atoms with van der Waals surface area (Å²) in [6, 6.07) is 8.06. The van der Waals surface area contributed by atoms with E-state index in [-0.39, 0.29) is 5.91 Å². The number of hydrogen-bond acceptors (Lipinski definition) is 2. The van der Waals surface area contributed by atoms with E-state index >= 15 is 0 Å². The molecule has 94 valence electrons. The normalized spacial score (nSPS) is 10.0. The summed E-state index contributed by atoms with van der Waals surface area (Å²) in [5.74, 6) is 1.03. The molecule has 0 unspecified atom stereocenters. The first-order valence-corrected chi connectivity index (χ1v) is 6.12. The predicted molar refractivity (Wildman–Crippen MR) is 69.2 cm³/mol. The third-order valence-electron chi connectivity index (χ3n) is 2.62. The van der Waals surface area contributed by atoms with Gasteiger partial charge in [0.05, 0.1) is 6.61 Å². The van der Waals surface area contributed by atoms with Crippen molar-refractivity contribution in [3.63, 3.8) is 0 Å². The number of amides is 1. The van der Waals surface area contributed by atoms with E-state index in [0.29, 0.717) is 6.42 Å². The van der Waals surface area contributed by atoms with Crippen molar-refractivity contribution >= 4 is 5.91 Å². The van der Waals surface area contributed by atoms with E-state index in [1.165, 1.54) is 5.56 Å². The Balaban J connectivity index is 2.04. The Hall–Kier alpha value is -1.51. The molecule has 0 aliphatic rings. The van der Waals surface area contributed by atoms with Crippen molar-refractivity contribution in [3.05, 3.63) is 29.8 Å². The number of ether oxygens (including phenoxy) is 1. The average Bonchev–Trinajstić information content (AvgIpc) is 2.35. The van der Waals surface area contributed by atoms with Gasteiger partial charge in [-0.05, 0) is 38.3 Å². The molecule has 0 aliphatic heterocycles. The lowest BCUT2D eigenvalue weighted by atomic mass is 10.2. The van der Waals surface area contributed by atoms with Gasteiger partial charge in [-0.15, -0.1) is 0 Å². The second-order valence-electron chi connectivity index (χ2n) is 4.15. The van der Waals surface area contributed by atoms with Crippen LogP contribution in [0.3, 0.4) is 0 Å². The highest BCUT2D eigenvalue weighted by atomic mass is 16.5. The molecule has 0 fully saturated rings. The minimum atomic E-state index is 0.115. The van der Waals surface area contributed by atoms with Gasteiger partial charge in [-0.3, -0.25) is 4.79 Å². The lowest BCUT2D eigenvalue weighted by Gasteiger charge is -2.06. The molecule has 3 nitrogen and oxygen atoms in total. The van der Waals surface area contributed by atoms with E-state index in [0.717, 1.165) is 31.6 Å². The molecule has 3 heteroatoms. The predicted octanol–water partition coefficient (Wildman–Crippen LogP) is 2.68. The Morgan fingerprint density at radius 2 is 1.88 bits per heavy atom. The fourth-order valence-corrected chi connectivity index (χ4v) is 1.51. The summed E-state index contributed by atoms with van der Waals surface area (Å²) in [4.78, 5) is 11.0. The number of aryl methyl sites for hydroxylation is 1. The van der Waals surface area contributed by atoms with Crippen LogP contribution in [0.2, 0.25) is 0 Å². The molecule has 0 spiro atoms. The van der Waals surface area contributed by atoms with Crippen molar-refractivity contribution in [2.75, 3.05) is 13.7 Å². The quantitative estimate of drug-likeness (QED) is 0.738. The molecular weight excluding hydrogens is 214 g/mol. The van der Waals surface area contributed by atoms with Gasteiger partial charge in [0.15, 0.2) is 0 Å². The largest absolute Gasteiger partial charge is 0.494 e. The number of carbonyl (C=O) groups is 1. The summed E-state index contributed by atoms with van der Waals surface area (Å²) in [5.41, 5.74) is 1.24. The van der Waals surface area contributed by atoms with Crippen LogP contribution in [0.5, 0.6) is 5.75 Å². The van der Waals surface area contributed by atoms with Crippen LogP contribution in [0.1, 0.15) is 31.2 Å². The van der Waals surface area contributed by atoms with Gasteiger partial charge >= 0.3 is 0 Å². The molecule has 0 aromatic heterocycles. The van der Waals surface area contributed by atoms with Gasteiger partial charge in [-0.2, -0.15) is 0 Å². The molecule has 0 bridgehead atoms. The molecular formula is C14H21NO2. The molecule has 1 aromatic rings. The number of rotatable bonds is 7. The Labute approximate surface area is 103 Å². The third-order valence-corrected chi connectivity index (χ3v) is 2.62. The maximum atomic E-state index is 11.0. The van der Waals surface area contributed by atoms with Crippen LogP contribution in [0.4, 0.5) is 0 Å². The van der Waals surface area contributed by atoms with Gasteiger partial charge < -0.3 is 10.1 Å². The van der Waals surface area contributed by atoms with Crippen LogP contribution in [0.25, 0.3) is 0 Å². The van der Waals surface area contributed by atoms with E-state index in [9.17, 15) is 4.79 Å². The highest BCUT2D eigenvalue weighted by molar-refractivity contribution is 5.75. The molecule has 1 rings (SSSR count). The van der Waals surface area contributed by atoms with Crippen LogP contribution < -0.4 is 10.1 Å². The number of hydrogen-bond donors (Lipinski definition) is 1.